The van der Waals surface area contributed by atoms with Gasteiger partial charge >= 0.3 is 0 Å². The molecule has 0 saturated heterocycles. The molecule has 27 heavy (non-hydrogen) atoms. The van der Waals surface area contributed by atoms with Crippen molar-refractivity contribution in [2.45, 2.75) is 30.9 Å². The van der Waals surface area contributed by atoms with E-state index in [1.807, 2.05) is 13.3 Å². The Morgan fingerprint density at radius 2 is 1.81 bits per heavy atom. The van der Waals surface area contributed by atoms with Gasteiger partial charge in [0.25, 0.3) is 0 Å². The van der Waals surface area contributed by atoms with Gasteiger partial charge in [0.2, 0.25) is 11.8 Å². The van der Waals surface area contributed by atoms with Crippen LogP contribution >= 0.6 is 11.8 Å². The summed E-state index contributed by atoms with van der Waals surface area (Å²) in [7, 11) is 3.60. The van der Waals surface area contributed by atoms with Gasteiger partial charge in [0.15, 0.2) is 0 Å². The number of thioether (sulfide) groups is 1. The number of nitrogens with zero attached hydrogens (tertiary/aromatic N) is 1. The fraction of sp³-hybridized carbons (Fsp3) is 0.833. The number of hydrogen-bond acceptors (Lipinski definition) is 7. The molecular formula is C18H35N3O5S. The van der Waals surface area contributed by atoms with Gasteiger partial charge in [-0.1, -0.05) is 0 Å². The van der Waals surface area contributed by atoms with E-state index >= 15 is 0 Å². The molecule has 0 aromatic rings. The number of amides is 2. The third-order valence-corrected chi connectivity index (χ3v) is 4.78. The zero-order chi connectivity index (χ0) is 20.3. The fourth-order valence-corrected chi connectivity index (χ4v) is 2.85. The highest BCUT2D eigenvalue weighted by Gasteiger charge is 2.20. The Balaban J connectivity index is 3.50. The molecule has 8 nitrogen and oxygen atoms in total. The number of hydrogen-bond donors (Lipinski definition) is 2. The second-order valence-corrected chi connectivity index (χ2v) is 7.06. The Kier molecular flexibility index (Phi) is 17.4. The van der Waals surface area contributed by atoms with Gasteiger partial charge in [-0.15, -0.1) is 0 Å². The summed E-state index contributed by atoms with van der Waals surface area (Å²) in [6.45, 7) is 3.97. The number of rotatable bonds is 18. The minimum absolute atomic E-state index is 0.00101. The number of carbonyl (C=O) groups excluding carboxylic acids is 3. The number of likely N-dealkylation sites (N-methyl/N-ethyl adjacent to an activating group) is 1. The molecule has 0 saturated carbocycles. The average molecular weight is 406 g/mol. The molecule has 0 fully saturated rings. The van der Waals surface area contributed by atoms with Crippen molar-refractivity contribution < 1.29 is 23.9 Å². The van der Waals surface area contributed by atoms with Crippen LogP contribution in [0.2, 0.25) is 0 Å². The Morgan fingerprint density at radius 1 is 1.11 bits per heavy atom. The molecule has 9 heteroatoms. The van der Waals surface area contributed by atoms with Crippen LogP contribution in [0.15, 0.2) is 0 Å². The largest absolute Gasteiger partial charge is 0.379 e. The van der Waals surface area contributed by atoms with Crippen molar-refractivity contribution >= 4 is 29.9 Å². The van der Waals surface area contributed by atoms with E-state index in [9.17, 15) is 14.4 Å². The van der Waals surface area contributed by atoms with Crippen LogP contribution in [0.1, 0.15) is 25.7 Å². The summed E-state index contributed by atoms with van der Waals surface area (Å²) in [5, 5.41) is 5.46. The highest BCUT2D eigenvalue weighted by Crippen LogP contribution is 2.12. The second-order valence-electron chi connectivity index (χ2n) is 6.02. The minimum Gasteiger partial charge on any atom is -0.379 e. The third kappa shape index (κ3) is 14.6. The first-order valence-electron chi connectivity index (χ1n) is 9.35. The van der Waals surface area contributed by atoms with Crippen LogP contribution in [0, 0.1) is 0 Å². The van der Waals surface area contributed by atoms with Crippen molar-refractivity contribution in [3.05, 3.63) is 0 Å². The molecule has 0 heterocycles. The summed E-state index contributed by atoms with van der Waals surface area (Å²) in [5.74, 6) is -0.0133. The van der Waals surface area contributed by atoms with Gasteiger partial charge in [-0.05, 0) is 26.1 Å². The van der Waals surface area contributed by atoms with Gasteiger partial charge in [0.1, 0.15) is 6.29 Å². The van der Waals surface area contributed by atoms with Crippen LogP contribution in [-0.2, 0) is 23.9 Å². The second kappa shape index (κ2) is 18.2. The quantitative estimate of drug-likeness (QED) is 0.250. The number of ether oxygens (including phenoxy) is 2. The molecule has 0 rings (SSSR count). The Bertz CT molecular complexity index is 412. The van der Waals surface area contributed by atoms with E-state index in [4.69, 9.17) is 9.47 Å². The number of aldehydes is 1. The maximum absolute atomic E-state index is 12.1. The number of unbranched alkanes of at least 4 members (excludes halogenated alkanes) is 1. The van der Waals surface area contributed by atoms with Gasteiger partial charge in [-0.2, -0.15) is 11.8 Å². The van der Waals surface area contributed by atoms with Crippen LogP contribution < -0.4 is 10.6 Å². The van der Waals surface area contributed by atoms with Crippen molar-refractivity contribution in [2.75, 3.05) is 66.4 Å². The van der Waals surface area contributed by atoms with E-state index in [0.29, 0.717) is 45.9 Å². The average Bonchev–Trinajstić information content (AvgIpc) is 2.67. The lowest BCUT2D eigenvalue weighted by molar-refractivity contribution is -0.130. The summed E-state index contributed by atoms with van der Waals surface area (Å²) in [4.78, 5) is 35.8. The highest BCUT2D eigenvalue weighted by molar-refractivity contribution is 7.99. The summed E-state index contributed by atoms with van der Waals surface area (Å²) in [6, 6.07) is 0. The van der Waals surface area contributed by atoms with Crippen LogP contribution in [-0.4, -0.2) is 94.7 Å². The number of nitrogens with one attached hydrogen (secondary N) is 2. The molecule has 1 atom stereocenters. The summed E-state index contributed by atoms with van der Waals surface area (Å²) in [5.41, 5.74) is 0. The third-order valence-electron chi connectivity index (χ3n) is 3.82. The lowest BCUT2D eigenvalue weighted by atomic mass is 10.2. The predicted octanol–water partition coefficient (Wildman–Crippen LogP) is 0.305. The lowest BCUT2D eigenvalue weighted by Gasteiger charge is -2.21. The Hall–Kier alpha value is -1.16. The molecule has 158 valence electrons. The first-order valence-corrected chi connectivity index (χ1v) is 10.6. The Labute approximate surface area is 167 Å². The molecule has 0 aliphatic rings. The van der Waals surface area contributed by atoms with Gasteiger partial charge in [-0.25, -0.2) is 0 Å². The molecule has 0 aromatic carbocycles. The summed E-state index contributed by atoms with van der Waals surface area (Å²) < 4.78 is 10.8. The number of carbonyl (C=O) groups is 3. The first-order chi connectivity index (χ1) is 13.1. The fourth-order valence-electron chi connectivity index (χ4n) is 2.20. The van der Waals surface area contributed by atoms with Crippen LogP contribution in [0.25, 0.3) is 0 Å². The molecule has 1 unspecified atom stereocenters. The standard InChI is InChI=1S/C18H35N3O5S/c1-19-8-9-20-17(23)7-13-26-15-14-25-12-5-4-10-21(2)18(24)16(27-3)6-11-22/h11,16,19H,4-10,12-15H2,1-3H3,(H,20,23). The molecular weight excluding hydrogens is 370 g/mol. The molecule has 0 radical (unpaired) electrons. The van der Waals surface area contributed by atoms with Gasteiger partial charge in [0, 0.05) is 46.1 Å². The van der Waals surface area contributed by atoms with Crippen LogP contribution in [0.3, 0.4) is 0 Å². The summed E-state index contributed by atoms with van der Waals surface area (Å²) in [6.07, 6.45) is 4.93. The van der Waals surface area contributed by atoms with Crippen molar-refractivity contribution in [1.82, 2.24) is 15.5 Å². The van der Waals surface area contributed by atoms with E-state index in [-0.39, 0.29) is 23.5 Å². The van der Waals surface area contributed by atoms with E-state index in [2.05, 4.69) is 10.6 Å². The molecule has 2 amide bonds. The van der Waals surface area contributed by atoms with E-state index in [1.54, 1.807) is 11.9 Å². The predicted molar refractivity (Wildman–Crippen MR) is 108 cm³/mol. The Morgan fingerprint density at radius 3 is 2.44 bits per heavy atom. The first kappa shape index (κ1) is 25.8. The van der Waals surface area contributed by atoms with E-state index < -0.39 is 0 Å². The van der Waals surface area contributed by atoms with Crippen molar-refractivity contribution in [3.63, 3.8) is 0 Å². The van der Waals surface area contributed by atoms with Gasteiger partial charge in [-0.3, -0.25) is 9.59 Å². The van der Waals surface area contributed by atoms with Gasteiger partial charge < -0.3 is 29.8 Å². The van der Waals surface area contributed by atoms with Gasteiger partial charge in [0.05, 0.1) is 25.1 Å². The minimum atomic E-state index is -0.286. The van der Waals surface area contributed by atoms with E-state index in [0.717, 1.165) is 25.7 Å². The normalized spacial score (nSPS) is 11.8. The highest BCUT2D eigenvalue weighted by atomic mass is 32.2. The lowest BCUT2D eigenvalue weighted by Crippen LogP contribution is -2.35. The molecule has 0 bridgehead atoms. The zero-order valence-electron chi connectivity index (χ0n) is 16.8. The topological polar surface area (TPSA) is 97.0 Å². The zero-order valence-corrected chi connectivity index (χ0v) is 17.6. The molecule has 0 aliphatic heterocycles. The van der Waals surface area contributed by atoms with Crippen molar-refractivity contribution in [2.24, 2.45) is 0 Å². The van der Waals surface area contributed by atoms with Crippen LogP contribution in [0.4, 0.5) is 0 Å². The van der Waals surface area contributed by atoms with Crippen molar-refractivity contribution in [3.8, 4) is 0 Å². The maximum atomic E-state index is 12.1. The monoisotopic (exact) mass is 405 g/mol. The summed E-state index contributed by atoms with van der Waals surface area (Å²) >= 11 is 1.41. The molecule has 0 spiro atoms. The van der Waals surface area contributed by atoms with Crippen molar-refractivity contribution in [1.29, 1.82) is 0 Å². The SMILES string of the molecule is CNCCNC(=O)CCOCCOCCCCN(C)C(=O)C(CC=O)SC. The smallest absolute Gasteiger partial charge is 0.235 e. The molecule has 0 aromatic heterocycles. The molecule has 0 aliphatic carbocycles. The maximum Gasteiger partial charge on any atom is 0.235 e. The molecule has 2 N–H and O–H groups in total. The van der Waals surface area contributed by atoms with Crippen LogP contribution in [0.5, 0.6) is 0 Å². The van der Waals surface area contributed by atoms with E-state index in [1.165, 1.54) is 11.8 Å².